The molecule has 1 heterocycles. The fourth-order valence-corrected chi connectivity index (χ4v) is 5.14. The van der Waals surface area contributed by atoms with E-state index in [0.717, 1.165) is 55.5 Å². The van der Waals surface area contributed by atoms with Crippen molar-refractivity contribution in [2.75, 3.05) is 6.61 Å². The van der Waals surface area contributed by atoms with Crippen molar-refractivity contribution in [2.24, 2.45) is 10.9 Å². The van der Waals surface area contributed by atoms with Gasteiger partial charge in [-0.2, -0.15) is 0 Å². The average molecular weight is 410 g/mol. The van der Waals surface area contributed by atoms with E-state index < -0.39 is 11.8 Å². The fraction of sp³-hybridized carbons (Fsp3) is 0.560. The van der Waals surface area contributed by atoms with Gasteiger partial charge in [0.05, 0.1) is 18.1 Å². The molecule has 0 radical (unpaired) electrons. The molecule has 30 heavy (non-hydrogen) atoms. The Kier molecular flexibility index (Phi) is 6.35. The summed E-state index contributed by atoms with van der Waals surface area (Å²) in [4.78, 5) is 31.2. The molecule has 2 fully saturated rings. The molecule has 0 amide bonds. The molecule has 2 aliphatic carbocycles. The Hall–Kier alpha value is -2.43. The Morgan fingerprint density at radius 1 is 1.07 bits per heavy atom. The molecule has 5 nitrogen and oxygen atoms in total. The Labute approximate surface area is 178 Å². The second-order valence-electron chi connectivity index (χ2n) is 8.51. The number of para-hydroxylation sites is 1. The van der Waals surface area contributed by atoms with E-state index in [1.165, 1.54) is 6.42 Å². The number of fused-ring (bicyclic) bond motifs is 1. The maximum absolute atomic E-state index is 13.4. The molecular formula is C25H31NO4. The molecule has 0 aromatic heterocycles. The lowest BCUT2D eigenvalue weighted by atomic mass is 9.69. The molecule has 1 aromatic carbocycles. The Balaban J connectivity index is 1.77. The summed E-state index contributed by atoms with van der Waals surface area (Å²) in [6, 6.07) is 7.75. The second-order valence-corrected chi connectivity index (χ2v) is 8.51. The summed E-state index contributed by atoms with van der Waals surface area (Å²) in [5.41, 5.74) is 2.97. The molecule has 2 atom stereocenters. The quantitative estimate of drug-likeness (QED) is 0.632. The third-order valence-corrected chi connectivity index (χ3v) is 6.51. The van der Waals surface area contributed by atoms with Crippen LogP contribution in [0.25, 0.3) is 0 Å². The number of nitrogens with zero attached hydrogens (tertiary/aromatic N) is 1. The molecule has 1 aromatic rings. The van der Waals surface area contributed by atoms with Gasteiger partial charge >= 0.3 is 5.97 Å². The Morgan fingerprint density at radius 3 is 2.60 bits per heavy atom. The number of ether oxygens (including phenoxy) is 2. The predicted molar refractivity (Wildman–Crippen MR) is 116 cm³/mol. The highest BCUT2D eigenvalue weighted by Gasteiger charge is 2.45. The summed E-state index contributed by atoms with van der Waals surface area (Å²) < 4.78 is 11.8. The van der Waals surface area contributed by atoms with Crippen molar-refractivity contribution in [3.63, 3.8) is 0 Å². The first kappa shape index (κ1) is 20.8. The SMILES string of the molecule is CCOc1ccccc1[C@H]1C(C(=O)OC2CCCCC2)=C(C)N=C2CCCC(=O)C21. The van der Waals surface area contributed by atoms with E-state index in [-0.39, 0.29) is 17.9 Å². The molecule has 2 saturated carbocycles. The first-order valence-electron chi connectivity index (χ1n) is 11.3. The lowest BCUT2D eigenvalue weighted by Crippen LogP contribution is -2.39. The van der Waals surface area contributed by atoms with Gasteiger partial charge in [0.15, 0.2) is 0 Å². The van der Waals surface area contributed by atoms with Gasteiger partial charge in [0.1, 0.15) is 17.6 Å². The minimum Gasteiger partial charge on any atom is -0.494 e. The van der Waals surface area contributed by atoms with Crippen LogP contribution in [0.1, 0.15) is 76.7 Å². The number of aliphatic imine (C=N–C) groups is 1. The molecule has 1 aliphatic heterocycles. The van der Waals surface area contributed by atoms with Crippen molar-refractivity contribution in [1.29, 1.82) is 0 Å². The highest BCUT2D eigenvalue weighted by Crippen LogP contribution is 2.46. The summed E-state index contributed by atoms with van der Waals surface area (Å²) >= 11 is 0. The first-order valence-corrected chi connectivity index (χ1v) is 11.3. The van der Waals surface area contributed by atoms with Crippen LogP contribution in [0.2, 0.25) is 0 Å². The fourth-order valence-electron chi connectivity index (χ4n) is 5.14. The summed E-state index contributed by atoms with van der Waals surface area (Å²) in [6.07, 6.45) is 7.32. The maximum Gasteiger partial charge on any atom is 0.336 e. The van der Waals surface area contributed by atoms with Gasteiger partial charge < -0.3 is 9.47 Å². The summed E-state index contributed by atoms with van der Waals surface area (Å²) in [6.45, 7) is 4.33. The highest BCUT2D eigenvalue weighted by atomic mass is 16.5. The Bertz CT molecular complexity index is 879. The van der Waals surface area contributed by atoms with E-state index in [0.29, 0.717) is 24.3 Å². The van der Waals surface area contributed by atoms with Crippen LogP contribution in [-0.2, 0) is 14.3 Å². The normalized spacial score (nSPS) is 24.9. The molecule has 4 rings (SSSR count). The van der Waals surface area contributed by atoms with Crippen LogP contribution in [-0.4, -0.2) is 30.2 Å². The number of hydrogen-bond acceptors (Lipinski definition) is 5. The zero-order valence-corrected chi connectivity index (χ0v) is 18.0. The maximum atomic E-state index is 13.4. The summed E-state index contributed by atoms with van der Waals surface area (Å²) in [7, 11) is 0. The van der Waals surface area contributed by atoms with E-state index in [1.807, 2.05) is 38.1 Å². The van der Waals surface area contributed by atoms with E-state index in [9.17, 15) is 9.59 Å². The number of ketones is 1. The molecule has 0 spiro atoms. The summed E-state index contributed by atoms with van der Waals surface area (Å²) in [5.74, 6) is -0.244. The first-order chi connectivity index (χ1) is 14.6. The van der Waals surface area contributed by atoms with Crippen molar-refractivity contribution in [2.45, 2.75) is 77.2 Å². The molecule has 3 aliphatic rings. The van der Waals surface area contributed by atoms with E-state index >= 15 is 0 Å². The lowest BCUT2D eigenvalue weighted by Gasteiger charge is -2.36. The molecular weight excluding hydrogens is 378 g/mol. The van der Waals surface area contributed by atoms with Gasteiger partial charge in [-0.25, -0.2) is 4.79 Å². The number of rotatable bonds is 5. The third kappa shape index (κ3) is 4.07. The van der Waals surface area contributed by atoms with Gasteiger partial charge in [-0.05, 0) is 58.4 Å². The van der Waals surface area contributed by atoms with Gasteiger partial charge in [0.2, 0.25) is 0 Å². The van der Waals surface area contributed by atoms with Gasteiger partial charge in [0, 0.05) is 29.3 Å². The van der Waals surface area contributed by atoms with Crippen LogP contribution >= 0.6 is 0 Å². The monoisotopic (exact) mass is 409 g/mol. The molecule has 0 N–H and O–H groups in total. The van der Waals surface area contributed by atoms with Crippen LogP contribution in [0, 0.1) is 5.92 Å². The van der Waals surface area contributed by atoms with Gasteiger partial charge in [-0.3, -0.25) is 9.79 Å². The van der Waals surface area contributed by atoms with Crippen LogP contribution in [0.15, 0.2) is 40.5 Å². The average Bonchev–Trinajstić information content (AvgIpc) is 2.74. The predicted octanol–water partition coefficient (Wildman–Crippen LogP) is 5.14. The lowest BCUT2D eigenvalue weighted by molar-refractivity contribution is -0.146. The van der Waals surface area contributed by atoms with Crippen molar-refractivity contribution >= 4 is 17.5 Å². The number of hydrogen-bond donors (Lipinski definition) is 0. The van der Waals surface area contributed by atoms with Crippen molar-refractivity contribution in [3.05, 3.63) is 41.1 Å². The third-order valence-electron chi connectivity index (χ3n) is 6.51. The van der Waals surface area contributed by atoms with Gasteiger partial charge in [-0.15, -0.1) is 0 Å². The number of allylic oxidation sites excluding steroid dienone is 1. The second kappa shape index (κ2) is 9.15. The number of esters is 1. The van der Waals surface area contributed by atoms with E-state index in [2.05, 4.69) is 0 Å². The van der Waals surface area contributed by atoms with Crippen molar-refractivity contribution in [1.82, 2.24) is 0 Å². The smallest absolute Gasteiger partial charge is 0.336 e. The number of carbonyl (C=O) groups excluding carboxylic acids is 2. The molecule has 0 saturated heterocycles. The zero-order valence-electron chi connectivity index (χ0n) is 18.0. The molecule has 160 valence electrons. The number of carbonyl (C=O) groups is 2. The largest absolute Gasteiger partial charge is 0.494 e. The minimum atomic E-state index is -0.405. The standard InChI is InChI=1S/C25H31NO4/c1-3-29-21-15-8-7-12-18(21)23-22(25(28)30-17-10-5-4-6-11-17)16(2)26-19-13-9-14-20(27)24(19)23/h7-8,12,15,17,23-24H,3-6,9-11,13-14H2,1-2H3/t23-,24?/m0/s1. The minimum absolute atomic E-state index is 0.0400. The van der Waals surface area contributed by atoms with Crippen molar-refractivity contribution < 1.29 is 19.1 Å². The molecule has 1 unspecified atom stereocenters. The molecule has 0 bridgehead atoms. The van der Waals surface area contributed by atoms with Crippen LogP contribution in [0.5, 0.6) is 5.75 Å². The summed E-state index contributed by atoms with van der Waals surface area (Å²) in [5, 5.41) is 0. The van der Waals surface area contributed by atoms with Crippen LogP contribution in [0.3, 0.4) is 0 Å². The topological polar surface area (TPSA) is 65.0 Å². The highest BCUT2D eigenvalue weighted by molar-refractivity contribution is 6.11. The van der Waals surface area contributed by atoms with E-state index in [1.54, 1.807) is 0 Å². The van der Waals surface area contributed by atoms with Crippen LogP contribution < -0.4 is 4.74 Å². The van der Waals surface area contributed by atoms with Gasteiger partial charge in [-0.1, -0.05) is 24.6 Å². The Morgan fingerprint density at radius 2 is 1.83 bits per heavy atom. The van der Waals surface area contributed by atoms with E-state index in [4.69, 9.17) is 14.5 Å². The van der Waals surface area contributed by atoms with Crippen molar-refractivity contribution in [3.8, 4) is 5.75 Å². The molecule has 5 heteroatoms. The zero-order chi connectivity index (χ0) is 21.1. The van der Waals surface area contributed by atoms with Gasteiger partial charge in [0.25, 0.3) is 0 Å². The number of benzene rings is 1. The number of Topliss-reactive ketones (excluding diaryl/α,β-unsaturated/α-hetero) is 1. The van der Waals surface area contributed by atoms with Crippen LogP contribution in [0.4, 0.5) is 0 Å².